The molecule has 37 heavy (non-hydrogen) atoms. The highest BCUT2D eigenvalue weighted by atomic mass is 19.1. The fraction of sp³-hybridized carbons (Fsp3) is 0.444. The third-order valence-electron chi connectivity index (χ3n) is 6.88. The molecule has 198 valence electrons. The number of benzene rings is 2. The van der Waals surface area contributed by atoms with Crippen LogP contribution in [0.3, 0.4) is 0 Å². The van der Waals surface area contributed by atoms with Gasteiger partial charge in [0, 0.05) is 43.5 Å². The molecule has 2 fully saturated rings. The Labute approximate surface area is 214 Å². The number of hydrogen-bond donors (Lipinski definition) is 3. The van der Waals surface area contributed by atoms with E-state index in [-0.39, 0.29) is 24.7 Å². The smallest absolute Gasteiger partial charge is 0.306 e. The van der Waals surface area contributed by atoms with Gasteiger partial charge in [0.05, 0.1) is 17.6 Å². The van der Waals surface area contributed by atoms with Crippen molar-refractivity contribution in [2.24, 2.45) is 5.92 Å². The van der Waals surface area contributed by atoms with Crippen LogP contribution in [0.1, 0.15) is 59.2 Å². The second kappa shape index (κ2) is 12.0. The lowest BCUT2D eigenvalue weighted by atomic mass is 9.87. The molecule has 0 radical (unpaired) electrons. The van der Waals surface area contributed by atoms with Gasteiger partial charge in [0.15, 0.2) is 11.6 Å². The van der Waals surface area contributed by atoms with Crippen molar-refractivity contribution in [2.45, 2.75) is 44.6 Å². The number of carbonyl (C=O) groups excluding carboxylic acids is 2. The van der Waals surface area contributed by atoms with Crippen LogP contribution in [-0.4, -0.2) is 55.2 Å². The number of carbonyl (C=O) groups is 3. The Bertz CT molecular complexity index is 1130. The SMILES string of the molecule is O=C(NCCNC(=O)c1cc(F)c(O[C@H]2CC[C@@H](C(=O)O)CC2)cc1F)c1ccc(N2CCCC2)cc1. The molecule has 1 aliphatic carbocycles. The van der Waals surface area contributed by atoms with Crippen LogP contribution in [0.15, 0.2) is 36.4 Å². The fourth-order valence-corrected chi connectivity index (χ4v) is 4.75. The number of hydrogen-bond acceptors (Lipinski definition) is 5. The highest BCUT2D eigenvalue weighted by Crippen LogP contribution is 2.30. The van der Waals surface area contributed by atoms with Crippen LogP contribution < -0.4 is 20.3 Å². The predicted molar refractivity (Wildman–Crippen MR) is 133 cm³/mol. The number of amides is 2. The van der Waals surface area contributed by atoms with Crippen LogP contribution in [0.25, 0.3) is 0 Å². The molecule has 0 bridgehead atoms. The second-order valence-corrected chi connectivity index (χ2v) is 9.45. The number of carboxylic acids is 1. The molecule has 0 aromatic heterocycles. The van der Waals surface area contributed by atoms with Gasteiger partial charge in [-0.15, -0.1) is 0 Å². The molecule has 0 atom stereocenters. The minimum Gasteiger partial charge on any atom is -0.487 e. The Morgan fingerprint density at radius 1 is 0.892 bits per heavy atom. The lowest BCUT2D eigenvalue weighted by Gasteiger charge is -2.27. The number of carboxylic acid groups (broad SMARTS) is 1. The average molecular weight is 516 g/mol. The maximum Gasteiger partial charge on any atom is 0.306 e. The summed E-state index contributed by atoms with van der Waals surface area (Å²) in [5.74, 6) is -4.54. The van der Waals surface area contributed by atoms with E-state index in [4.69, 9.17) is 9.84 Å². The summed E-state index contributed by atoms with van der Waals surface area (Å²) in [6.45, 7) is 2.17. The number of rotatable bonds is 9. The fourth-order valence-electron chi connectivity index (χ4n) is 4.75. The van der Waals surface area contributed by atoms with Gasteiger partial charge < -0.3 is 25.4 Å². The van der Waals surface area contributed by atoms with E-state index in [1.165, 1.54) is 12.8 Å². The van der Waals surface area contributed by atoms with Crippen molar-refractivity contribution in [3.63, 3.8) is 0 Å². The van der Waals surface area contributed by atoms with E-state index in [9.17, 15) is 23.2 Å². The van der Waals surface area contributed by atoms with Crippen molar-refractivity contribution in [3.8, 4) is 5.75 Å². The molecule has 8 nitrogen and oxygen atoms in total. The molecule has 1 aliphatic heterocycles. The zero-order valence-electron chi connectivity index (χ0n) is 20.5. The van der Waals surface area contributed by atoms with Gasteiger partial charge >= 0.3 is 5.97 Å². The first-order chi connectivity index (χ1) is 17.8. The first-order valence-electron chi connectivity index (χ1n) is 12.6. The predicted octanol–water partition coefficient (Wildman–Crippen LogP) is 3.75. The molecule has 4 rings (SSSR count). The monoisotopic (exact) mass is 515 g/mol. The van der Waals surface area contributed by atoms with Crippen molar-refractivity contribution in [1.82, 2.24) is 10.6 Å². The first kappa shape index (κ1) is 26.4. The van der Waals surface area contributed by atoms with E-state index < -0.39 is 41.1 Å². The third-order valence-corrected chi connectivity index (χ3v) is 6.88. The van der Waals surface area contributed by atoms with Crippen molar-refractivity contribution >= 4 is 23.5 Å². The largest absolute Gasteiger partial charge is 0.487 e. The normalized spacial score (nSPS) is 19.4. The molecule has 2 amide bonds. The molecule has 2 aromatic rings. The minimum atomic E-state index is -0.935. The Balaban J connectivity index is 1.23. The highest BCUT2D eigenvalue weighted by Gasteiger charge is 2.28. The summed E-state index contributed by atoms with van der Waals surface area (Å²) in [5.41, 5.74) is 1.11. The van der Waals surface area contributed by atoms with E-state index in [1.807, 2.05) is 12.1 Å². The summed E-state index contributed by atoms with van der Waals surface area (Å²) < 4.78 is 34.6. The summed E-state index contributed by atoms with van der Waals surface area (Å²) in [6.07, 6.45) is 3.59. The molecule has 2 aromatic carbocycles. The van der Waals surface area contributed by atoms with Gasteiger partial charge in [-0.3, -0.25) is 14.4 Å². The van der Waals surface area contributed by atoms with Crippen LogP contribution >= 0.6 is 0 Å². The number of halogens is 2. The van der Waals surface area contributed by atoms with Crippen LogP contribution in [0.2, 0.25) is 0 Å². The van der Waals surface area contributed by atoms with Gasteiger partial charge in [0.25, 0.3) is 11.8 Å². The second-order valence-electron chi connectivity index (χ2n) is 9.45. The number of aliphatic carboxylic acids is 1. The molecule has 10 heteroatoms. The van der Waals surface area contributed by atoms with E-state index >= 15 is 0 Å². The standard InChI is InChI=1S/C27H31F2N3O5/c28-22-16-24(37-20-9-5-18(6-10-20)27(35)36)23(29)15-21(22)26(34)31-12-11-30-25(33)17-3-7-19(8-4-17)32-13-1-2-14-32/h3-4,7-8,15-16,18,20H,1-2,5-6,9-14H2,(H,30,33)(H,31,34)(H,35,36)/t18-,20+. The Kier molecular flexibility index (Phi) is 8.58. The lowest BCUT2D eigenvalue weighted by molar-refractivity contribution is -0.143. The summed E-state index contributed by atoms with van der Waals surface area (Å²) in [4.78, 5) is 38.0. The molecule has 0 unspecified atom stereocenters. The maximum atomic E-state index is 14.5. The van der Waals surface area contributed by atoms with E-state index in [0.29, 0.717) is 31.2 Å². The van der Waals surface area contributed by atoms with Crippen LogP contribution in [0.5, 0.6) is 5.75 Å². The quantitative estimate of drug-likeness (QED) is 0.439. The number of nitrogens with one attached hydrogen (secondary N) is 2. The molecular formula is C27H31F2N3O5. The van der Waals surface area contributed by atoms with Gasteiger partial charge in [-0.05, 0) is 68.9 Å². The van der Waals surface area contributed by atoms with Crippen LogP contribution in [-0.2, 0) is 4.79 Å². The van der Waals surface area contributed by atoms with Crippen LogP contribution in [0, 0.1) is 17.6 Å². The minimum absolute atomic E-state index is 0.0303. The van der Waals surface area contributed by atoms with Gasteiger partial charge in [0.1, 0.15) is 5.82 Å². The van der Waals surface area contributed by atoms with Gasteiger partial charge in [0.2, 0.25) is 0 Å². The van der Waals surface area contributed by atoms with Crippen molar-refractivity contribution in [2.75, 3.05) is 31.1 Å². The summed E-state index contributed by atoms with van der Waals surface area (Å²) in [5, 5.41) is 14.2. The lowest BCUT2D eigenvalue weighted by Crippen LogP contribution is -2.35. The molecule has 2 aliphatic rings. The average Bonchev–Trinajstić information content (AvgIpc) is 3.44. The van der Waals surface area contributed by atoms with Gasteiger partial charge in [-0.1, -0.05) is 0 Å². The van der Waals surface area contributed by atoms with E-state index in [2.05, 4.69) is 15.5 Å². The molecule has 1 saturated heterocycles. The maximum absolute atomic E-state index is 14.5. The number of ether oxygens (including phenoxy) is 1. The van der Waals surface area contributed by atoms with E-state index in [1.54, 1.807) is 12.1 Å². The Morgan fingerprint density at radius 3 is 2.14 bits per heavy atom. The number of nitrogens with zero attached hydrogens (tertiary/aromatic N) is 1. The Hall–Kier alpha value is -3.69. The highest BCUT2D eigenvalue weighted by molar-refractivity contribution is 5.95. The molecule has 1 heterocycles. The van der Waals surface area contributed by atoms with Crippen molar-refractivity contribution in [1.29, 1.82) is 0 Å². The topological polar surface area (TPSA) is 108 Å². The summed E-state index contributed by atoms with van der Waals surface area (Å²) >= 11 is 0. The number of anilines is 1. The third kappa shape index (κ3) is 6.75. The molecule has 3 N–H and O–H groups in total. The van der Waals surface area contributed by atoms with E-state index in [0.717, 1.165) is 30.9 Å². The zero-order valence-corrected chi connectivity index (χ0v) is 20.5. The molecule has 1 saturated carbocycles. The summed E-state index contributed by atoms with van der Waals surface area (Å²) in [7, 11) is 0. The van der Waals surface area contributed by atoms with Crippen LogP contribution in [0.4, 0.5) is 14.5 Å². The zero-order chi connectivity index (χ0) is 26.4. The molecular weight excluding hydrogens is 484 g/mol. The Morgan fingerprint density at radius 2 is 1.51 bits per heavy atom. The van der Waals surface area contributed by atoms with Crippen molar-refractivity contribution in [3.05, 3.63) is 59.2 Å². The summed E-state index contributed by atoms with van der Waals surface area (Å²) in [6, 6.07) is 8.94. The first-order valence-corrected chi connectivity index (χ1v) is 12.6. The van der Waals surface area contributed by atoms with Crippen molar-refractivity contribution < 1.29 is 33.0 Å². The van der Waals surface area contributed by atoms with Gasteiger partial charge in [-0.2, -0.15) is 0 Å². The molecule has 0 spiro atoms. The van der Waals surface area contributed by atoms with Gasteiger partial charge in [-0.25, -0.2) is 8.78 Å².